The number of hydrogen-bond donors (Lipinski definition) is 2. The molecular formula is C23H20FN3O2S2. The van der Waals surface area contributed by atoms with Crippen molar-refractivity contribution in [2.75, 3.05) is 11.1 Å². The molecule has 2 aromatic carbocycles. The molecule has 0 aliphatic carbocycles. The van der Waals surface area contributed by atoms with Crippen LogP contribution in [0.2, 0.25) is 0 Å². The van der Waals surface area contributed by atoms with Gasteiger partial charge in [0.05, 0.1) is 11.1 Å². The summed E-state index contributed by atoms with van der Waals surface area (Å²) in [4.78, 5) is 32.8. The summed E-state index contributed by atoms with van der Waals surface area (Å²) in [5.41, 5.74) is 3.36. The van der Waals surface area contributed by atoms with Crippen LogP contribution in [0, 0.1) is 5.82 Å². The van der Waals surface area contributed by atoms with Gasteiger partial charge in [0.2, 0.25) is 5.91 Å². The van der Waals surface area contributed by atoms with Crippen molar-refractivity contribution >= 4 is 44.9 Å². The Labute approximate surface area is 186 Å². The topological polar surface area (TPSA) is 74.8 Å². The van der Waals surface area contributed by atoms with Gasteiger partial charge in [-0.15, -0.1) is 11.3 Å². The summed E-state index contributed by atoms with van der Waals surface area (Å²) in [5.74, 6) is -0.121. The lowest BCUT2D eigenvalue weighted by atomic mass is 9.99. The Morgan fingerprint density at radius 2 is 1.87 bits per heavy atom. The van der Waals surface area contributed by atoms with Crippen LogP contribution in [0.3, 0.4) is 0 Å². The van der Waals surface area contributed by atoms with E-state index in [1.165, 1.54) is 41.2 Å². The molecular weight excluding hydrogens is 433 g/mol. The number of carbonyl (C=O) groups excluding carboxylic acids is 1. The fourth-order valence-electron chi connectivity index (χ4n) is 3.12. The zero-order chi connectivity index (χ0) is 22.0. The molecule has 31 heavy (non-hydrogen) atoms. The fraction of sp³-hybridized carbons (Fsp3) is 0.174. The maximum absolute atomic E-state index is 13.0. The van der Waals surface area contributed by atoms with Crippen molar-refractivity contribution in [3.8, 4) is 11.1 Å². The van der Waals surface area contributed by atoms with E-state index in [1.807, 2.05) is 17.5 Å². The number of thioether (sulfide) groups is 1. The van der Waals surface area contributed by atoms with Crippen molar-refractivity contribution in [3.05, 3.63) is 75.6 Å². The minimum Gasteiger partial charge on any atom is -0.325 e. The maximum atomic E-state index is 13.0. The van der Waals surface area contributed by atoms with E-state index in [9.17, 15) is 14.0 Å². The molecule has 1 amide bonds. The highest BCUT2D eigenvalue weighted by Crippen LogP contribution is 2.32. The van der Waals surface area contributed by atoms with E-state index in [-0.39, 0.29) is 23.0 Å². The minimum atomic E-state index is -0.367. The van der Waals surface area contributed by atoms with Crippen LogP contribution in [0.25, 0.3) is 21.3 Å². The number of aromatic nitrogens is 2. The summed E-state index contributed by atoms with van der Waals surface area (Å²) in [6.07, 6.45) is 0. The van der Waals surface area contributed by atoms with Gasteiger partial charge < -0.3 is 10.3 Å². The number of fused-ring (bicyclic) bond motifs is 1. The number of anilines is 1. The van der Waals surface area contributed by atoms with Crippen LogP contribution in [0.1, 0.15) is 25.3 Å². The predicted octanol–water partition coefficient (Wildman–Crippen LogP) is 5.64. The number of carbonyl (C=O) groups is 1. The summed E-state index contributed by atoms with van der Waals surface area (Å²) < 4.78 is 13.0. The molecule has 0 unspecified atom stereocenters. The second kappa shape index (κ2) is 9.03. The predicted molar refractivity (Wildman–Crippen MR) is 126 cm³/mol. The van der Waals surface area contributed by atoms with Crippen molar-refractivity contribution in [1.29, 1.82) is 0 Å². The van der Waals surface area contributed by atoms with E-state index in [0.29, 0.717) is 27.0 Å². The molecule has 158 valence electrons. The number of benzene rings is 2. The Morgan fingerprint density at radius 1 is 1.16 bits per heavy atom. The third kappa shape index (κ3) is 4.86. The molecule has 0 saturated carbocycles. The lowest BCUT2D eigenvalue weighted by molar-refractivity contribution is -0.113. The standard InChI is InChI=1S/C23H20FN3O2S2/c1-13(2)14-3-5-15(6-4-14)18-11-30-22-20(18)21(29)26-23(27-22)31-12-19(28)25-17-9-7-16(24)8-10-17/h3-11,13H,12H2,1-2H3,(H,25,28)(H,26,27,29). The molecule has 0 radical (unpaired) electrons. The van der Waals surface area contributed by atoms with Crippen molar-refractivity contribution < 1.29 is 9.18 Å². The molecule has 0 aliphatic heterocycles. The zero-order valence-electron chi connectivity index (χ0n) is 16.9. The molecule has 5 nitrogen and oxygen atoms in total. The Bertz CT molecular complexity index is 1280. The zero-order valence-corrected chi connectivity index (χ0v) is 18.6. The third-order valence-electron chi connectivity index (χ3n) is 4.78. The largest absolute Gasteiger partial charge is 0.325 e. The molecule has 0 atom stereocenters. The summed E-state index contributed by atoms with van der Waals surface area (Å²) >= 11 is 2.55. The smallest absolute Gasteiger partial charge is 0.260 e. The first-order chi connectivity index (χ1) is 14.9. The van der Waals surface area contributed by atoms with Crippen LogP contribution in [0.5, 0.6) is 0 Å². The average Bonchev–Trinajstić information content (AvgIpc) is 3.19. The first-order valence-electron chi connectivity index (χ1n) is 9.71. The minimum absolute atomic E-state index is 0.0702. The van der Waals surface area contributed by atoms with Gasteiger partial charge in [0, 0.05) is 16.6 Å². The van der Waals surface area contributed by atoms with E-state index < -0.39 is 0 Å². The van der Waals surface area contributed by atoms with Crippen LogP contribution in [-0.2, 0) is 4.79 Å². The van der Waals surface area contributed by atoms with Gasteiger partial charge in [0.15, 0.2) is 5.16 Å². The van der Waals surface area contributed by atoms with Gasteiger partial charge >= 0.3 is 0 Å². The van der Waals surface area contributed by atoms with Gasteiger partial charge in [0.1, 0.15) is 10.6 Å². The number of nitrogens with zero attached hydrogens (tertiary/aromatic N) is 1. The van der Waals surface area contributed by atoms with Gasteiger partial charge in [0.25, 0.3) is 5.56 Å². The van der Waals surface area contributed by atoms with Gasteiger partial charge in [-0.1, -0.05) is 49.9 Å². The van der Waals surface area contributed by atoms with Crippen LogP contribution in [0.4, 0.5) is 10.1 Å². The van der Waals surface area contributed by atoms with Gasteiger partial charge in [-0.25, -0.2) is 9.37 Å². The van der Waals surface area contributed by atoms with Crippen LogP contribution in [-0.4, -0.2) is 21.6 Å². The second-order valence-electron chi connectivity index (χ2n) is 7.32. The molecule has 2 aromatic heterocycles. The van der Waals surface area contributed by atoms with Crippen LogP contribution >= 0.6 is 23.1 Å². The highest BCUT2D eigenvalue weighted by atomic mass is 32.2. The molecule has 4 aromatic rings. The van der Waals surface area contributed by atoms with Gasteiger partial charge in [-0.3, -0.25) is 9.59 Å². The van der Waals surface area contributed by atoms with Crippen molar-refractivity contribution in [2.24, 2.45) is 0 Å². The number of thiophene rings is 1. The molecule has 8 heteroatoms. The average molecular weight is 454 g/mol. The van der Waals surface area contributed by atoms with Crippen molar-refractivity contribution in [1.82, 2.24) is 9.97 Å². The Balaban J connectivity index is 1.50. The second-order valence-corrected chi connectivity index (χ2v) is 9.14. The molecule has 0 aliphatic rings. The molecule has 2 N–H and O–H groups in total. The molecule has 0 spiro atoms. The Morgan fingerprint density at radius 3 is 2.55 bits per heavy atom. The number of aromatic amines is 1. The Kier molecular flexibility index (Phi) is 6.20. The van der Waals surface area contributed by atoms with E-state index in [1.54, 1.807) is 0 Å². The van der Waals surface area contributed by atoms with E-state index in [2.05, 4.69) is 41.3 Å². The van der Waals surface area contributed by atoms with Crippen molar-refractivity contribution in [3.63, 3.8) is 0 Å². The van der Waals surface area contributed by atoms with Crippen molar-refractivity contribution in [2.45, 2.75) is 24.9 Å². The number of halogens is 1. The third-order valence-corrected chi connectivity index (χ3v) is 6.52. The first-order valence-corrected chi connectivity index (χ1v) is 11.6. The summed E-state index contributed by atoms with van der Waals surface area (Å²) in [5, 5.41) is 5.57. The lowest BCUT2D eigenvalue weighted by Crippen LogP contribution is -2.15. The Hall–Kier alpha value is -2.97. The first kappa shape index (κ1) is 21.3. The van der Waals surface area contributed by atoms with E-state index >= 15 is 0 Å². The monoisotopic (exact) mass is 453 g/mol. The maximum Gasteiger partial charge on any atom is 0.260 e. The van der Waals surface area contributed by atoms with E-state index in [0.717, 1.165) is 22.9 Å². The SMILES string of the molecule is CC(C)c1ccc(-c2csc3nc(SCC(=O)Nc4ccc(F)cc4)[nH]c(=O)c23)cc1. The molecule has 2 heterocycles. The fourth-order valence-corrected chi connectivity index (χ4v) is 4.79. The number of H-pyrrole nitrogens is 1. The number of amides is 1. The van der Waals surface area contributed by atoms with Crippen LogP contribution in [0.15, 0.2) is 63.9 Å². The molecule has 0 fully saturated rings. The summed E-state index contributed by atoms with van der Waals surface area (Å²) in [7, 11) is 0. The number of rotatable bonds is 6. The summed E-state index contributed by atoms with van der Waals surface area (Å²) in [6, 6.07) is 13.7. The quantitative estimate of drug-likeness (QED) is 0.292. The molecule has 4 rings (SSSR count). The molecule has 0 bridgehead atoms. The lowest BCUT2D eigenvalue weighted by Gasteiger charge is -2.07. The number of hydrogen-bond acceptors (Lipinski definition) is 5. The number of nitrogens with one attached hydrogen (secondary N) is 2. The molecule has 0 saturated heterocycles. The van der Waals surface area contributed by atoms with E-state index in [4.69, 9.17) is 0 Å². The summed E-state index contributed by atoms with van der Waals surface area (Å²) in [6.45, 7) is 4.28. The van der Waals surface area contributed by atoms with Crippen LogP contribution < -0.4 is 10.9 Å². The normalized spacial score (nSPS) is 11.2. The highest BCUT2D eigenvalue weighted by Gasteiger charge is 2.14. The van der Waals surface area contributed by atoms with Gasteiger partial charge in [-0.05, 0) is 41.3 Å². The highest BCUT2D eigenvalue weighted by molar-refractivity contribution is 7.99. The van der Waals surface area contributed by atoms with Gasteiger partial charge in [-0.2, -0.15) is 0 Å².